The van der Waals surface area contributed by atoms with Crippen LogP contribution in [0.25, 0.3) is 0 Å². The van der Waals surface area contributed by atoms with E-state index in [1.165, 1.54) is 5.46 Å². The monoisotopic (exact) mass is 561 g/mol. The van der Waals surface area contributed by atoms with Crippen molar-refractivity contribution in [3.05, 3.63) is 101 Å². The maximum Gasteiger partial charge on any atom is 0.491 e. The first-order chi connectivity index (χ1) is 20.6. The van der Waals surface area contributed by atoms with Crippen LogP contribution < -0.4 is 20.4 Å². The molecule has 42 heavy (non-hydrogen) atoms. The van der Waals surface area contributed by atoms with E-state index in [1.54, 1.807) is 48.7 Å². The molecule has 0 radical (unpaired) electrons. The van der Waals surface area contributed by atoms with Crippen molar-refractivity contribution in [1.29, 1.82) is 10.5 Å². The van der Waals surface area contributed by atoms with Crippen LogP contribution in [0.15, 0.2) is 79.0 Å². The summed E-state index contributed by atoms with van der Waals surface area (Å²) < 4.78 is 22.0. The van der Waals surface area contributed by atoms with Crippen LogP contribution in [0.2, 0.25) is 6.82 Å². The lowest BCUT2D eigenvalue weighted by molar-refractivity contribution is 0.275. The third-order valence-electron chi connectivity index (χ3n) is 6.16. The molecule has 6 rings (SSSR count). The van der Waals surface area contributed by atoms with E-state index in [9.17, 15) is 5.02 Å². The summed E-state index contributed by atoms with van der Waals surface area (Å²) in [6, 6.07) is 25.8. The summed E-state index contributed by atoms with van der Waals surface area (Å²) in [7, 11) is -0.867. The minimum absolute atomic E-state index is 0.149. The molecule has 2 aliphatic heterocycles. The molecule has 3 heterocycles. The maximum absolute atomic E-state index is 9.53. The zero-order chi connectivity index (χ0) is 30.5. The van der Waals surface area contributed by atoms with E-state index in [0.717, 1.165) is 22.3 Å². The number of ether oxygens (including phenoxy) is 2. The molecule has 212 valence electrons. The van der Waals surface area contributed by atoms with Crippen LogP contribution in [-0.4, -0.2) is 24.0 Å². The van der Waals surface area contributed by atoms with Gasteiger partial charge >= 0.3 is 14.0 Å². The van der Waals surface area contributed by atoms with E-state index in [1.807, 2.05) is 70.9 Å². The molecule has 8 nitrogen and oxygen atoms in total. The average molecular weight is 561 g/mol. The Morgan fingerprint density at radius 3 is 2.07 bits per heavy atom. The van der Waals surface area contributed by atoms with E-state index in [0.29, 0.717) is 35.8 Å². The lowest BCUT2D eigenvalue weighted by Crippen LogP contribution is -2.27. The van der Waals surface area contributed by atoms with E-state index in [4.69, 9.17) is 29.3 Å². The Balaban J connectivity index is 0.000000206. The first-order valence-corrected chi connectivity index (χ1v) is 13.9. The fourth-order valence-electron chi connectivity index (χ4n) is 4.19. The molecular formula is C32H33B2N3O5. The van der Waals surface area contributed by atoms with Crippen molar-refractivity contribution >= 4 is 25.0 Å². The van der Waals surface area contributed by atoms with Crippen molar-refractivity contribution in [2.24, 2.45) is 0 Å². The fraction of sp³-hybridized carbons (Fsp3) is 0.219. The lowest BCUT2D eigenvalue weighted by Gasteiger charge is -2.08. The molecule has 0 fully saturated rings. The highest BCUT2D eigenvalue weighted by Crippen LogP contribution is 2.27. The SMILES string of the molecule is CB1OCc2cc(Oc3ccccc3C#N)ccc21.CC.CC.N#Cc1cccnc1Oc1ccc2c(c1)COB2O. The molecule has 0 saturated heterocycles. The molecule has 0 aliphatic carbocycles. The summed E-state index contributed by atoms with van der Waals surface area (Å²) in [6.07, 6.45) is 1.57. The molecule has 0 unspecified atom stereocenters. The largest absolute Gasteiger partial charge is 0.491 e. The molecule has 10 heteroatoms. The van der Waals surface area contributed by atoms with Crippen molar-refractivity contribution in [3.63, 3.8) is 0 Å². The molecule has 0 saturated carbocycles. The Kier molecular flexibility index (Phi) is 12.2. The van der Waals surface area contributed by atoms with Gasteiger partial charge in [-0.25, -0.2) is 4.98 Å². The van der Waals surface area contributed by atoms with Crippen LogP contribution in [0, 0.1) is 22.7 Å². The molecule has 2 aliphatic rings. The van der Waals surface area contributed by atoms with Gasteiger partial charge in [-0.05, 0) is 70.6 Å². The zero-order valence-corrected chi connectivity index (χ0v) is 24.5. The van der Waals surface area contributed by atoms with Crippen LogP contribution in [0.4, 0.5) is 0 Å². The first-order valence-electron chi connectivity index (χ1n) is 13.9. The van der Waals surface area contributed by atoms with Crippen LogP contribution in [0.1, 0.15) is 49.9 Å². The second kappa shape index (κ2) is 16.0. The van der Waals surface area contributed by atoms with Gasteiger partial charge in [0.15, 0.2) is 0 Å². The van der Waals surface area contributed by atoms with Crippen LogP contribution >= 0.6 is 0 Å². The molecule has 1 N–H and O–H groups in total. The summed E-state index contributed by atoms with van der Waals surface area (Å²) >= 11 is 0. The smallest absolute Gasteiger partial charge is 0.456 e. The second-order valence-corrected chi connectivity index (χ2v) is 8.62. The van der Waals surface area contributed by atoms with E-state index in [2.05, 4.69) is 11.1 Å². The van der Waals surface area contributed by atoms with Crippen LogP contribution in [0.3, 0.4) is 0 Å². The Bertz CT molecular complexity index is 1450. The normalized spacial score (nSPS) is 12.0. The van der Waals surface area contributed by atoms with Gasteiger partial charge < -0.3 is 23.8 Å². The van der Waals surface area contributed by atoms with Gasteiger partial charge in [0.05, 0.1) is 18.8 Å². The number of hydrogen-bond donors (Lipinski definition) is 1. The number of nitrogens with zero attached hydrogens (tertiary/aromatic N) is 3. The van der Waals surface area contributed by atoms with Crippen molar-refractivity contribution in [2.75, 3.05) is 0 Å². The molecule has 0 atom stereocenters. The standard InChI is InChI=1S/C15H12BNO2.C13H9BN2O3.2C2H6/c1-16-14-7-6-13(8-12(14)10-18-16)19-15-5-3-2-4-11(15)9-17;15-7-9-2-1-5-16-13(9)19-11-3-4-12-10(6-11)8-18-14(12)17;2*1-2/h2-8H,10H2,1H3;1-6,17H,8H2;2*1-2H3. The number of para-hydroxylation sites is 1. The van der Waals surface area contributed by atoms with Gasteiger partial charge in [-0.2, -0.15) is 10.5 Å². The molecule has 3 aromatic carbocycles. The molecule has 4 aromatic rings. The summed E-state index contributed by atoms with van der Waals surface area (Å²) in [5.41, 5.74) is 4.89. The van der Waals surface area contributed by atoms with E-state index in [-0.39, 0.29) is 12.8 Å². The number of hydrogen-bond acceptors (Lipinski definition) is 8. The van der Waals surface area contributed by atoms with Crippen LogP contribution in [0.5, 0.6) is 23.1 Å². The predicted octanol–water partition coefficient (Wildman–Crippen LogP) is 5.72. The number of rotatable bonds is 4. The molecule has 0 amide bonds. The van der Waals surface area contributed by atoms with Gasteiger partial charge in [0.2, 0.25) is 5.88 Å². The van der Waals surface area contributed by atoms with Crippen molar-refractivity contribution in [3.8, 4) is 35.3 Å². The highest BCUT2D eigenvalue weighted by molar-refractivity contribution is 6.67. The molecule has 1 aromatic heterocycles. The predicted molar refractivity (Wildman–Crippen MR) is 164 cm³/mol. The summed E-state index contributed by atoms with van der Waals surface area (Å²) in [5.74, 6) is 2.15. The summed E-state index contributed by atoms with van der Waals surface area (Å²) in [5, 5.41) is 27.5. The summed E-state index contributed by atoms with van der Waals surface area (Å²) in [6.45, 7) is 11.2. The highest BCUT2D eigenvalue weighted by Gasteiger charge is 2.27. The van der Waals surface area contributed by atoms with Gasteiger partial charge in [0, 0.05) is 6.20 Å². The van der Waals surface area contributed by atoms with Gasteiger partial charge in [0.1, 0.15) is 35.0 Å². The van der Waals surface area contributed by atoms with Gasteiger partial charge in [-0.15, -0.1) is 0 Å². The van der Waals surface area contributed by atoms with E-state index < -0.39 is 7.12 Å². The molecule has 0 bridgehead atoms. The van der Waals surface area contributed by atoms with Crippen molar-refractivity contribution < 1.29 is 23.8 Å². The van der Waals surface area contributed by atoms with Gasteiger partial charge in [-0.3, -0.25) is 0 Å². The number of pyridine rings is 1. The number of nitriles is 2. The number of benzene rings is 3. The Hall–Kier alpha value is -4.60. The lowest BCUT2D eigenvalue weighted by atomic mass is 9.64. The second-order valence-electron chi connectivity index (χ2n) is 8.62. The van der Waals surface area contributed by atoms with Gasteiger partial charge in [0.25, 0.3) is 0 Å². The van der Waals surface area contributed by atoms with Crippen molar-refractivity contribution in [2.45, 2.75) is 47.7 Å². The highest BCUT2D eigenvalue weighted by atomic mass is 16.5. The van der Waals surface area contributed by atoms with Crippen LogP contribution in [-0.2, 0) is 22.5 Å². The Morgan fingerprint density at radius 1 is 0.762 bits per heavy atom. The van der Waals surface area contributed by atoms with Gasteiger partial charge in [-0.1, -0.05) is 58.8 Å². The zero-order valence-electron chi connectivity index (χ0n) is 24.5. The quantitative estimate of drug-likeness (QED) is 0.315. The third kappa shape index (κ3) is 7.78. The maximum atomic E-state index is 9.53. The molecular weight excluding hydrogens is 528 g/mol. The molecule has 0 spiro atoms. The minimum atomic E-state index is -0.867. The summed E-state index contributed by atoms with van der Waals surface area (Å²) in [4.78, 5) is 4.03. The topological polar surface area (TPSA) is 118 Å². The van der Waals surface area contributed by atoms with E-state index >= 15 is 0 Å². The Labute approximate surface area is 248 Å². The Morgan fingerprint density at radius 2 is 1.36 bits per heavy atom. The first kappa shape index (κ1) is 31.9. The minimum Gasteiger partial charge on any atom is -0.456 e. The fourth-order valence-corrected chi connectivity index (χ4v) is 4.19. The number of aromatic nitrogens is 1. The third-order valence-corrected chi connectivity index (χ3v) is 6.16. The van der Waals surface area contributed by atoms with Crippen molar-refractivity contribution in [1.82, 2.24) is 4.98 Å². The average Bonchev–Trinajstić information content (AvgIpc) is 3.61. The number of fused-ring (bicyclic) bond motifs is 2.